The number of rotatable bonds is 17. The molecule has 0 atom stereocenters. The van der Waals surface area contributed by atoms with Crippen LogP contribution in [0.3, 0.4) is 0 Å². The van der Waals surface area contributed by atoms with Gasteiger partial charge in [-0.1, -0.05) is 226 Å². The Hall–Kier alpha value is -13.2. The maximum atomic E-state index is 3.96. The summed E-state index contributed by atoms with van der Waals surface area (Å²) in [6.45, 7) is 7.92. The van der Waals surface area contributed by atoms with E-state index in [1.165, 1.54) is 54.7 Å². The highest BCUT2D eigenvalue weighted by atomic mass is 15.2. The van der Waals surface area contributed by atoms with E-state index in [1.807, 2.05) is 12.2 Å². The van der Waals surface area contributed by atoms with Crippen LogP contribution >= 0.6 is 0 Å². The molecule has 0 bridgehead atoms. The third-order valence-electron chi connectivity index (χ3n) is 19.2. The average Bonchev–Trinajstić information content (AvgIpc) is 1.67. The van der Waals surface area contributed by atoms with Crippen LogP contribution in [0.4, 0.5) is 51.2 Å². The first-order chi connectivity index (χ1) is 49.0. The van der Waals surface area contributed by atoms with Gasteiger partial charge in [0.15, 0.2) is 0 Å². The van der Waals surface area contributed by atoms with E-state index in [0.717, 1.165) is 107 Å². The number of hydrogen-bond donors (Lipinski definition) is 0. The second-order valence-corrected chi connectivity index (χ2v) is 25.1. The molecule has 5 heteroatoms. The maximum absolute atomic E-state index is 3.96. The average molecular weight is 1270 g/mol. The summed E-state index contributed by atoms with van der Waals surface area (Å²) in [6, 6.07) is 134. The fourth-order valence-electron chi connectivity index (χ4n) is 14.3. The lowest BCUT2D eigenvalue weighted by Crippen LogP contribution is -2.10. The van der Waals surface area contributed by atoms with Crippen molar-refractivity contribution in [1.29, 1.82) is 0 Å². The van der Waals surface area contributed by atoms with Gasteiger partial charge in [-0.15, -0.1) is 0 Å². The van der Waals surface area contributed by atoms with Crippen molar-refractivity contribution in [2.75, 3.05) is 14.7 Å². The molecule has 15 aromatic carbocycles. The Morgan fingerprint density at radius 2 is 0.414 bits per heavy atom. The summed E-state index contributed by atoms with van der Waals surface area (Å²) in [7, 11) is 0. The third kappa shape index (κ3) is 11.3. The number of hydrogen-bond acceptors (Lipinski definition) is 3. The first-order valence-electron chi connectivity index (χ1n) is 33.7. The molecule has 0 unspecified atom stereocenters. The minimum absolute atomic E-state index is 1.07. The van der Waals surface area contributed by atoms with Gasteiger partial charge < -0.3 is 23.8 Å². The highest BCUT2D eigenvalue weighted by molar-refractivity contribution is 6.12. The van der Waals surface area contributed by atoms with Crippen molar-refractivity contribution < 1.29 is 0 Å². The van der Waals surface area contributed by atoms with Gasteiger partial charge in [0.05, 0.1) is 22.1 Å². The van der Waals surface area contributed by atoms with E-state index < -0.39 is 0 Å². The molecule has 468 valence electrons. The van der Waals surface area contributed by atoms with Gasteiger partial charge in [0.2, 0.25) is 0 Å². The topological polar surface area (TPSA) is 19.6 Å². The second kappa shape index (κ2) is 25.8. The standard InChI is InChI=1S/C94H67N5/c1-3-66-28-46-85(47-29-66)98-91-26-16-14-24-87(91)89-64-74(44-62-93(89)98)72-40-58-83(59-41-72)96(77-20-10-6-11-21-77)81-54-36-70(37-55-81)68-32-50-79(51-33-68)95(76-18-8-5-9-19-76)80-52-34-69(35-53-80)71-38-56-82(57-39-71)97(78-22-12-7-13-23-78)84-60-42-73(43-61-84)75-45-63-94-90(65-75)88-25-15-17-27-92(88)99(94)86-48-30-67(4-2)31-49-86/h3-65H,1-2H2. The molecule has 0 aliphatic heterocycles. The number of aromatic nitrogens is 2. The van der Waals surface area contributed by atoms with E-state index in [0.29, 0.717) is 0 Å². The van der Waals surface area contributed by atoms with Gasteiger partial charge in [-0.25, -0.2) is 0 Å². The molecular weight excluding hydrogens is 1200 g/mol. The SMILES string of the molecule is C=Cc1ccc(-n2c3ccccc3c3cc(-c4ccc(N(c5ccccc5)c5ccc(-c6ccc(N(c7ccccc7)c7ccc(-c8ccc(N(c9ccccc9)c9ccc(-c%10ccc%11c(c%10)c%10ccccc%10n%11-c%10ccc(C=C)cc%10)cc9)cc8)cc7)cc6)cc5)cc4)ccc32)cc1. The number of nitrogens with zero attached hydrogens (tertiary/aromatic N) is 5. The normalized spacial score (nSPS) is 11.3. The molecule has 2 aromatic heterocycles. The first-order valence-corrected chi connectivity index (χ1v) is 33.7. The van der Waals surface area contributed by atoms with Crippen molar-refractivity contribution in [2.24, 2.45) is 0 Å². The lowest BCUT2D eigenvalue weighted by Gasteiger charge is -2.26. The Bertz CT molecular complexity index is 5400. The van der Waals surface area contributed by atoms with Gasteiger partial charge in [0.25, 0.3) is 0 Å². The Kier molecular flexibility index (Phi) is 15.5. The molecule has 17 aromatic rings. The molecule has 0 radical (unpaired) electrons. The van der Waals surface area contributed by atoms with Crippen molar-refractivity contribution >= 4 is 107 Å². The molecule has 0 amide bonds. The molecule has 0 saturated heterocycles. The van der Waals surface area contributed by atoms with Crippen molar-refractivity contribution in [1.82, 2.24) is 9.13 Å². The van der Waals surface area contributed by atoms with Crippen LogP contribution in [-0.4, -0.2) is 9.13 Å². The van der Waals surface area contributed by atoms with E-state index in [-0.39, 0.29) is 0 Å². The van der Waals surface area contributed by atoms with Crippen molar-refractivity contribution in [3.63, 3.8) is 0 Å². The predicted octanol–water partition coefficient (Wildman–Crippen LogP) is 26.2. The summed E-state index contributed by atoms with van der Waals surface area (Å²) >= 11 is 0. The highest BCUT2D eigenvalue weighted by Gasteiger charge is 2.20. The Morgan fingerprint density at radius 3 is 0.687 bits per heavy atom. The van der Waals surface area contributed by atoms with Crippen molar-refractivity contribution in [3.05, 3.63) is 394 Å². The summed E-state index contributed by atoms with van der Waals surface area (Å²) in [5.41, 5.74) is 28.2. The summed E-state index contributed by atoms with van der Waals surface area (Å²) in [5, 5.41) is 4.92. The van der Waals surface area contributed by atoms with E-state index in [2.05, 4.69) is 407 Å². The Morgan fingerprint density at radius 1 is 0.192 bits per heavy atom. The molecule has 5 nitrogen and oxygen atoms in total. The fourth-order valence-corrected chi connectivity index (χ4v) is 14.3. The van der Waals surface area contributed by atoms with Crippen molar-refractivity contribution in [2.45, 2.75) is 0 Å². The molecule has 0 aliphatic rings. The molecule has 2 heterocycles. The van der Waals surface area contributed by atoms with Crippen LogP contribution in [0, 0.1) is 0 Å². The fraction of sp³-hybridized carbons (Fsp3) is 0. The zero-order valence-corrected chi connectivity index (χ0v) is 54.5. The predicted molar refractivity (Wildman–Crippen MR) is 421 cm³/mol. The van der Waals surface area contributed by atoms with E-state index in [4.69, 9.17) is 0 Å². The molecular formula is C94H67N5. The molecule has 0 aliphatic carbocycles. The van der Waals surface area contributed by atoms with E-state index in [9.17, 15) is 0 Å². The molecule has 0 spiro atoms. The third-order valence-corrected chi connectivity index (χ3v) is 19.2. The van der Waals surface area contributed by atoms with Gasteiger partial charge in [-0.3, -0.25) is 0 Å². The van der Waals surface area contributed by atoms with Crippen LogP contribution in [0.15, 0.2) is 383 Å². The number of benzene rings is 15. The van der Waals surface area contributed by atoms with Gasteiger partial charge in [0, 0.05) is 84.1 Å². The number of fused-ring (bicyclic) bond motifs is 6. The first kappa shape index (κ1) is 59.5. The van der Waals surface area contributed by atoms with Gasteiger partial charge >= 0.3 is 0 Å². The van der Waals surface area contributed by atoms with Crippen LogP contribution in [0.5, 0.6) is 0 Å². The van der Waals surface area contributed by atoms with Crippen LogP contribution in [0.25, 0.3) is 112 Å². The van der Waals surface area contributed by atoms with Gasteiger partial charge in [-0.05, 0) is 225 Å². The lowest BCUT2D eigenvalue weighted by molar-refractivity contribution is 1.18. The molecule has 17 rings (SSSR count). The summed E-state index contributed by atoms with van der Waals surface area (Å²) in [5.74, 6) is 0. The van der Waals surface area contributed by atoms with E-state index in [1.54, 1.807) is 0 Å². The monoisotopic (exact) mass is 1270 g/mol. The van der Waals surface area contributed by atoms with Crippen LogP contribution < -0.4 is 14.7 Å². The molecule has 99 heavy (non-hydrogen) atoms. The largest absolute Gasteiger partial charge is 0.311 e. The van der Waals surface area contributed by atoms with Crippen LogP contribution in [0.2, 0.25) is 0 Å². The zero-order valence-electron chi connectivity index (χ0n) is 54.5. The maximum Gasteiger partial charge on any atom is 0.0541 e. The smallest absolute Gasteiger partial charge is 0.0541 e. The summed E-state index contributed by atoms with van der Waals surface area (Å²) in [4.78, 5) is 6.99. The van der Waals surface area contributed by atoms with Crippen LogP contribution in [-0.2, 0) is 0 Å². The van der Waals surface area contributed by atoms with Crippen LogP contribution in [0.1, 0.15) is 11.1 Å². The summed E-state index contributed by atoms with van der Waals surface area (Å²) in [6.07, 6.45) is 3.77. The summed E-state index contributed by atoms with van der Waals surface area (Å²) < 4.78 is 4.72. The van der Waals surface area contributed by atoms with Gasteiger partial charge in [0.1, 0.15) is 0 Å². The number of anilines is 9. The molecule has 0 saturated carbocycles. The minimum Gasteiger partial charge on any atom is -0.311 e. The Labute approximate surface area is 577 Å². The minimum atomic E-state index is 1.07. The lowest BCUT2D eigenvalue weighted by atomic mass is 10.0. The number of para-hydroxylation sites is 5. The Balaban J connectivity index is 0.608. The van der Waals surface area contributed by atoms with E-state index >= 15 is 0 Å². The quantitative estimate of drug-likeness (QED) is 0.0906. The molecule has 0 N–H and O–H groups in total. The van der Waals surface area contributed by atoms with Gasteiger partial charge in [-0.2, -0.15) is 0 Å². The zero-order chi connectivity index (χ0) is 66.2. The van der Waals surface area contributed by atoms with Crippen molar-refractivity contribution in [3.8, 4) is 55.9 Å². The second-order valence-electron chi connectivity index (χ2n) is 25.1. The molecule has 0 fully saturated rings. The highest BCUT2D eigenvalue weighted by Crippen LogP contribution is 2.43.